The van der Waals surface area contributed by atoms with E-state index in [1.807, 2.05) is 0 Å². The molecule has 2 atom stereocenters. The minimum absolute atomic E-state index is 0.0418. The average Bonchev–Trinajstić information content (AvgIpc) is 3.10. The molecule has 2 saturated heterocycles. The van der Waals surface area contributed by atoms with Crippen LogP contribution in [-0.2, 0) is 15.0 Å². The van der Waals surface area contributed by atoms with Crippen molar-refractivity contribution in [2.45, 2.75) is 51.0 Å². The van der Waals surface area contributed by atoms with Gasteiger partial charge in [0.1, 0.15) is 5.78 Å². The molecule has 0 aromatic carbocycles. The van der Waals surface area contributed by atoms with Gasteiger partial charge in [-0.15, -0.1) is 0 Å². The highest BCUT2D eigenvalue weighted by atomic mass is 32.2. The summed E-state index contributed by atoms with van der Waals surface area (Å²) in [5.74, 6) is 0.230. The lowest BCUT2D eigenvalue weighted by atomic mass is 9.96. The zero-order valence-electron chi connectivity index (χ0n) is 11.3. The Balaban J connectivity index is 1.80. The molecule has 3 rings (SSSR count). The Morgan fingerprint density at radius 3 is 2.32 bits per heavy atom. The van der Waals surface area contributed by atoms with Gasteiger partial charge in [0.15, 0.2) is 0 Å². The van der Waals surface area contributed by atoms with Gasteiger partial charge >= 0.3 is 0 Å². The Hall–Kier alpha value is -0.460. The van der Waals surface area contributed by atoms with Crippen LogP contribution in [0.15, 0.2) is 0 Å². The third-order valence-electron chi connectivity index (χ3n) is 4.75. The molecule has 3 aliphatic rings. The first-order valence-electron chi connectivity index (χ1n) is 7.40. The van der Waals surface area contributed by atoms with E-state index in [4.69, 9.17) is 0 Å². The summed E-state index contributed by atoms with van der Waals surface area (Å²) >= 11 is 0. The van der Waals surface area contributed by atoms with E-state index in [0.29, 0.717) is 26.1 Å². The van der Waals surface area contributed by atoms with Gasteiger partial charge in [0.2, 0.25) is 0 Å². The zero-order valence-corrected chi connectivity index (χ0v) is 12.1. The maximum atomic E-state index is 12.6. The van der Waals surface area contributed by atoms with E-state index in [2.05, 4.69) is 0 Å². The maximum Gasteiger partial charge on any atom is 0.282 e. The summed E-state index contributed by atoms with van der Waals surface area (Å²) in [6, 6.07) is -0.0689. The van der Waals surface area contributed by atoms with E-state index >= 15 is 0 Å². The summed E-state index contributed by atoms with van der Waals surface area (Å²) in [6.45, 7) is 1.88. The van der Waals surface area contributed by atoms with Crippen LogP contribution in [0.5, 0.6) is 0 Å². The van der Waals surface area contributed by atoms with E-state index in [-0.39, 0.29) is 17.7 Å². The maximum absolute atomic E-state index is 12.6. The predicted molar refractivity (Wildman–Crippen MR) is 71.8 cm³/mol. The Labute approximate surface area is 115 Å². The van der Waals surface area contributed by atoms with Crippen LogP contribution in [-0.4, -0.2) is 48.5 Å². The molecule has 0 spiro atoms. The second-order valence-corrected chi connectivity index (χ2v) is 7.78. The lowest BCUT2D eigenvalue weighted by Crippen LogP contribution is -2.47. The fourth-order valence-corrected chi connectivity index (χ4v) is 5.74. The lowest BCUT2D eigenvalue weighted by Gasteiger charge is -2.31. The first-order valence-corrected chi connectivity index (χ1v) is 8.80. The molecule has 0 bridgehead atoms. The highest BCUT2D eigenvalue weighted by Gasteiger charge is 2.45. The molecular weight excluding hydrogens is 264 g/mol. The number of ketones is 1. The number of carbonyl (C=O) groups excluding carboxylic acids is 1. The van der Waals surface area contributed by atoms with E-state index < -0.39 is 10.2 Å². The van der Waals surface area contributed by atoms with Crippen LogP contribution in [0.1, 0.15) is 44.9 Å². The van der Waals surface area contributed by atoms with Crippen LogP contribution in [0.4, 0.5) is 0 Å². The number of hydrogen-bond acceptors (Lipinski definition) is 3. The Bertz CT molecular complexity index is 457. The lowest BCUT2D eigenvalue weighted by molar-refractivity contribution is -0.121. The summed E-state index contributed by atoms with van der Waals surface area (Å²) in [5, 5.41) is 0. The molecule has 0 radical (unpaired) electrons. The summed E-state index contributed by atoms with van der Waals surface area (Å²) in [4.78, 5) is 11.9. The van der Waals surface area contributed by atoms with Crippen LogP contribution in [0, 0.1) is 5.92 Å². The number of carbonyl (C=O) groups is 1. The Morgan fingerprint density at radius 1 is 0.947 bits per heavy atom. The van der Waals surface area contributed by atoms with E-state index in [1.54, 1.807) is 8.61 Å². The van der Waals surface area contributed by atoms with Crippen LogP contribution in [0.25, 0.3) is 0 Å². The zero-order chi connectivity index (χ0) is 13.5. The average molecular weight is 286 g/mol. The quantitative estimate of drug-likeness (QED) is 0.782. The molecular formula is C13H22N2O3S. The molecule has 1 aliphatic carbocycles. The number of nitrogens with zero attached hydrogens (tertiary/aromatic N) is 2. The first kappa shape index (κ1) is 13.5. The van der Waals surface area contributed by atoms with Crippen molar-refractivity contribution in [3.8, 4) is 0 Å². The summed E-state index contributed by atoms with van der Waals surface area (Å²) in [5.41, 5.74) is 0. The standard InChI is InChI=1S/C13H22N2O3S/c16-13-7-3-5-11(13)12-6-4-10-15(12)19(17,18)14-8-1-2-9-14/h11-12H,1-10H2. The van der Waals surface area contributed by atoms with Crippen LogP contribution >= 0.6 is 0 Å². The van der Waals surface area contributed by atoms with Crippen molar-refractivity contribution < 1.29 is 13.2 Å². The minimum atomic E-state index is -3.33. The summed E-state index contributed by atoms with van der Waals surface area (Å²) in [6.07, 6.45) is 6.09. The third kappa shape index (κ3) is 2.34. The van der Waals surface area contributed by atoms with Gasteiger partial charge in [-0.2, -0.15) is 17.0 Å². The molecule has 1 saturated carbocycles. The summed E-state index contributed by atoms with van der Waals surface area (Å²) in [7, 11) is -3.33. The molecule has 2 aliphatic heterocycles. The molecule has 0 N–H and O–H groups in total. The van der Waals surface area contributed by atoms with Crippen molar-refractivity contribution in [1.82, 2.24) is 8.61 Å². The second kappa shape index (κ2) is 5.14. The van der Waals surface area contributed by atoms with Crippen LogP contribution < -0.4 is 0 Å². The van der Waals surface area contributed by atoms with Gasteiger partial charge in [0, 0.05) is 38.0 Å². The monoisotopic (exact) mass is 286 g/mol. The van der Waals surface area contributed by atoms with Gasteiger partial charge < -0.3 is 0 Å². The molecule has 0 amide bonds. The predicted octanol–water partition coefficient (Wildman–Crippen LogP) is 1.16. The molecule has 19 heavy (non-hydrogen) atoms. The minimum Gasteiger partial charge on any atom is -0.299 e. The molecule has 3 fully saturated rings. The van der Waals surface area contributed by atoms with Crippen LogP contribution in [0.2, 0.25) is 0 Å². The van der Waals surface area contributed by atoms with Gasteiger partial charge in [0.05, 0.1) is 0 Å². The topological polar surface area (TPSA) is 57.7 Å². The van der Waals surface area contributed by atoms with Crippen LogP contribution in [0.3, 0.4) is 0 Å². The van der Waals surface area contributed by atoms with Crippen molar-refractivity contribution in [1.29, 1.82) is 0 Å². The van der Waals surface area contributed by atoms with Gasteiger partial charge in [-0.1, -0.05) is 0 Å². The molecule has 0 aromatic rings. The molecule has 2 unspecified atom stereocenters. The van der Waals surface area contributed by atoms with Gasteiger partial charge in [-0.3, -0.25) is 4.79 Å². The second-order valence-electron chi connectivity index (χ2n) is 5.90. The van der Waals surface area contributed by atoms with Crippen molar-refractivity contribution in [2.75, 3.05) is 19.6 Å². The number of Topliss-reactive ketones (excluding diaryl/α,β-unsaturated/α-hetero) is 1. The highest BCUT2D eigenvalue weighted by Crippen LogP contribution is 2.35. The van der Waals surface area contributed by atoms with Gasteiger partial charge in [-0.05, 0) is 38.5 Å². The molecule has 2 heterocycles. The Kier molecular flexibility index (Phi) is 3.66. The molecule has 5 nitrogen and oxygen atoms in total. The SMILES string of the molecule is O=C1CCCC1C1CCCN1S(=O)(=O)N1CCCC1. The van der Waals surface area contributed by atoms with E-state index in [9.17, 15) is 13.2 Å². The number of rotatable bonds is 3. The van der Waals surface area contributed by atoms with Crippen molar-refractivity contribution >= 4 is 16.0 Å². The highest BCUT2D eigenvalue weighted by molar-refractivity contribution is 7.86. The van der Waals surface area contributed by atoms with Crippen molar-refractivity contribution in [2.24, 2.45) is 5.92 Å². The molecule has 108 valence electrons. The van der Waals surface area contributed by atoms with Gasteiger partial charge in [0.25, 0.3) is 10.2 Å². The number of hydrogen-bond donors (Lipinski definition) is 0. The summed E-state index contributed by atoms with van der Waals surface area (Å²) < 4.78 is 28.5. The smallest absolute Gasteiger partial charge is 0.282 e. The van der Waals surface area contributed by atoms with E-state index in [1.165, 1.54) is 0 Å². The third-order valence-corrected chi connectivity index (χ3v) is 6.82. The molecule has 6 heteroatoms. The van der Waals surface area contributed by atoms with Crippen molar-refractivity contribution in [3.05, 3.63) is 0 Å². The fraction of sp³-hybridized carbons (Fsp3) is 0.923. The Morgan fingerprint density at radius 2 is 1.68 bits per heavy atom. The van der Waals surface area contributed by atoms with Crippen molar-refractivity contribution in [3.63, 3.8) is 0 Å². The fourth-order valence-electron chi connectivity index (χ4n) is 3.77. The molecule has 0 aromatic heterocycles. The first-order chi connectivity index (χ1) is 9.10. The normalized spacial score (nSPS) is 34.4. The van der Waals surface area contributed by atoms with E-state index in [0.717, 1.165) is 38.5 Å². The van der Waals surface area contributed by atoms with Gasteiger partial charge in [-0.25, -0.2) is 0 Å². The largest absolute Gasteiger partial charge is 0.299 e.